The van der Waals surface area contributed by atoms with E-state index in [1.165, 1.54) is 18.8 Å². The van der Waals surface area contributed by atoms with E-state index in [9.17, 15) is 9.59 Å². The summed E-state index contributed by atoms with van der Waals surface area (Å²) in [7, 11) is 2.42. The first kappa shape index (κ1) is 17.5. The zero-order chi connectivity index (χ0) is 17.0. The number of hydrogen-bond donors (Lipinski definition) is 1. The van der Waals surface area contributed by atoms with E-state index in [1.807, 2.05) is 6.92 Å². The molecule has 0 aromatic carbocycles. The van der Waals surface area contributed by atoms with Crippen molar-refractivity contribution >= 4 is 30.3 Å². The van der Waals surface area contributed by atoms with Crippen molar-refractivity contribution in [2.45, 2.75) is 12.7 Å². The van der Waals surface area contributed by atoms with E-state index < -0.39 is 17.7 Å². The minimum absolute atomic E-state index is 0.0485. The Kier molecular flexibility index (Phi) is 5.40. The lowest BCUT2D eigenvalue weighted by atomic mass is 10.1. The van der Waals surface area contributed by atoms with Crippen molar-refractivity contribution in [3.05, 3.63) is 35.0 Å². The minimum Gasteiger partial charge on any atom is -0.465 e. The molecule has 1 aromatic rings. The number of pyridine rings is 1. The SMILES string of the molecule is COC(=O)/C(S)=C(\C(=O)OC)[n+]1ccc(C2(C)OCCO2)cc1. The molecule has 1 aliphatic heterocycles. The fourth-order valence-electron chi connectivity index (χ4n) is 2.17. The number of carbonyl (C=O) groups excluding carboxylic acids is 2. The molecule has 1 aromatic heterocycles. The Hall–Kier alpha value is -1.90. The fourth-order valence-corrected chi connectivity index (χ4v) is 2.47. The van der Waals surface area contributed by atoms with Gasteiger partial charge in [0, 0.05) is 17.7 Å². The van der Waals surface area contributed by atoms with Crippen LogP contribution in [0.3, 0.4) is 0 Å². The summed E-state index contributed by atoms with van der Waals surface area (Å²) >= 11 is 4.07. The number of aromatic nitrogens is 1. The van der Waals surface area contributed by atoms with Crippen LogP contribution >= 0.6 is 12.6 Å². The van der Waals surface area contributed by atoms with Crippen LogP contribution in [-0.4, -0.2) is 39.4 Å². The van der Waals surface area contributed by atoms with Crippen LogP contribution in [0.2, 0.25) is 0 Å². The number of nitrogens with zero attached hydrogens (tertiary/aromatic N) is 1. The second kappa shape index (κ2) is 7.12. The summed E-state index contributed by atoms with van der Waals surface area (Å²) in [6.07, 6.45) is 3.19. The van der Waals surface area contributed by atoms with Crippen molar-refractivity contribution in [2.75, 3.05) is 27.4 Å². The van der Waals surface area contributed by atoms with Crippen molar-refractivity contribution in [1.82, 2.24) is 0 Å². The molecule has 2 heterocycles. The third kappa shape index (κ3) is 3.54. The highest BCUT2D eigenvalue weighted by atomic mass is 32.1. The number of methoxy groups -OCH3 is 2. The van der Waals surface area contributed by atoms with Gasteiger partial charge in [-0.3, -0.25) is 0 Å². The predicted octanol–water partition coefficient (Wildman–Crippen LogP) is 0.638. The van der Waals surface area contributed by atoms with E-state index >= 15 is 0 Å². The summed E-state index contributed by atoms with van der Waals surface area (Å²) in [5.74, 6) is -2.27. The molecular weight excluding hydrogens is 322 g/mol. The maximum atomic E-state index is 12.0. The van der Waals surface area contributed by atoms with E-state index in [0.717, 1.165) is 5.56 Å². The molecule has 8 heteroatoms. The van der Waals surface area contributed by atoms with Gasteiger partial charge in [-0.05, 0) is 6.92 Å². The second-order valence-corrected chi connectivity index (χ2v) is 5.26. The van der Waals surface area contributed by atoms with Crippen molar-refractivity contribution in [3.63, 3.8) is 0 Å². The van der Waals surface area contributed by atoms with Gasteiger partial charge in [0.15, 0.2) is 23.1 Å². The van der Waals surface area contributed by atoms with Gasteiger partial charge >= 0.3 is 17.6 Å². The molecule has 7 nitrogen and oxygen atoms in total. The van der Waals surface area contributed by atoms with E-state index in [2.05, 4.69) is 17.4 Å². The molecule has 0 unspecified atom stereocenters. The van der Waals surface area contributed by atoms with E-state index in [0.29, 0.717) is 13.2 Å². The van der Waals surface area contributed by atoms with Crippen LogP contribution in [0.25, 0.3) is 5.70 Å². The normalized spacial score (nSPS) is 17.4. The smallest absolute Gasteiger partial charge is 0.405 e. The lowest BCUT2D eigenvalue weighted by Gasteiger charge is -2.21. The maximum absolute atomic E-state index is 12.0. The third-order valence-corrected chi connectivity index (χ3v) is 3.83. The van der Waals surface area contributed by atoms with Crippen LogP contribution in [0.4, 0.5) is 0 Å². The first-order valence-corrected chi connectivity index (χ1v) is 7.27. The highest BCUT2D eigenvalue weighted by Gasteiger charge is 2.35. The van der Waals surface area contributed by atoms with E-state index in [4.69, 9.17) is 14.2 Å². The van der Waals surface area contributed by atoms with Crippen LogP contribution in [0, 0.1) is 0 Å². The number of rotatable bonds is 4. The number of carbonyl (C=O) groups is 2. The van der Waals surface area contributed by atoms with Crippen molar-refractivity contribution < 1.29 is 33.1 Å². The summed E-state index contributed by atoms with van der Waals surface area (Å²) in [6, 6.07) is 3.46. The summed E-state index contributed by atoms with van der Waals surface area (Å²) in [5, 5.41) is 0. The molecule has 0 aliphatic carbocycles. The Morgan fingerprint density at radius 2 is 1.65 bits per heavy atom. The van der Waals surface area contributed by atoms with E-state index in [-0.39, 0.29) is 10.6 Å². The zero-order valence-electron chi connectivity index (χ0n) is 13.1. The Morgan fingerprint density at radius 1 is 1.13 bits per heavy atom. The van der Waals surface area contributed by atoms with Gasteiger partial charge in [-0.15, -0.1) is 12.6 Å². The van der Waals surface area contributed by atoms with Gasteiger partial charge in [0.05, 0.1) is 27.4 Å². The largest absolute Gasteiger partial charge is 0.465 e. The molecule has 0 radical (unpaired) electrons. The van der Waals surface area contributed by atoms with Crippen LogP contribution in [-0.2, 0) is 34.3 Å². The average Bonchev–Trinajstić information content (AvgIpc) is 3.02. The van der Waals surface area contributed by atoms with Gasteiger partial charge in [-0.2, -0.15) is 4.57 Å². The van der Waals surface area contributed by atoms with Gasteiger partial charge in [-0.25, -0.2) is 9.59 Å². The first-order chi connectivity index (χ1) is 10.9. The molecule has 2 rings (SSSR count). The lowest BCUT2D eigenvalue weighted by Crippen LogP contribution is -2.38. The minimum atomic E-state index is -0.819. The van der Waals surface area contributed by atoms with Crippen molar-refractivity contribution in [1.29, 1.82) is 0 Å². The van der Waals surface area contributed by atoms with Crippen LogP contribution in [0.5, 0.6) is 0 Å². The summed E-state index contributed by atoms with van der Waals surface area (Å²) in [6.45, 7) is 2.85. The molecule has 1 fully saturated rings. The Balaban J connectivity index is 2.41. The summed E-state index contributed by atoms with van der Waals surface area (Å²) in [5.41, 5.74) is 0.738. The molecule has 0 atom stereocenters. The second-order valence-electron chi connectivity index (χ2n) is 4.82. The topological polar surface area (TPSA) is 74.9 Å². The lowest BCUT2D eigenvalue weighted by molar-refractivity contribution is -0.578. The quantitative estimate of drug-likeness (QED) is 0.375. The number of ether oxygens (including phenoxy) is 4. The van der Waals surface area contributed by atoms with Crippen LogP contribution < -0.4 is 4.57 Å². The fraction of sp³-hybridized carbons (Fsp3) is 0.400. The standard InChI is InChI=1S/C15H17NO6S/c1-15(21-8-9-22-15)10-4-6-16(7-5-10)11(13(17)19-2)12(23)14(18)20-3/h4-7H,8-9H2,1-3H3/p+1. The first-order valence-electron chi connectivity index (χ1n) is 6.83. The molecule has 1 aliphatic rings. The molecule has 0 amide bonds. The Labute approximate surface area is 139 Å². The Morgan fingerprint density at radius 3 is 2.13 bits per heavy atom. The molecule has 0 spiro atoms. The van der Waals surface area contributed by atoms with Gasteiger partial charge in [0.2, 0.25) is 0 Å². The average molecular weight is 340 g/mol. The molecule has 1 saturated heterocycles. The van der Waals surface area contributed by atoms with Crippen molar-refractivity contribution in [3.8, 4) is 0 Å². The summed E-state index contributed by atoms with van der Waals surface area (Å²) < 4.78 is 21.9. The third-order valence-electron chi connectivity index (χ3n) is 3.43. The van der Waals surface area contributed by atoms with Crippen LogP contribution in [0.1, 0.15) is 12.5 Å². The monoisotopic (exact) mass is 340 g/mol. The van der Waals surface area contributed by atoms with Crippen molar-refractivity contribution in [2.24, 2.45) is 0 Å². The van der Waals surface area contributed by atoms with Gasteiger partial charge < -0.3 is 18.9 Å². The molecule has 0 saturated carbocycles. The number of esters is 2. The molecular formula is C15H18NO6S+. The molecule has 124 valence electrons. The highest BCUT2D eigenvalue weighted by molar-refractivity contribution is 7.85. The Bertz CT molecular complexity index is 634. The molecule has 23 heavy (non-hydrogen) atoms. The predicted molar refractivity (Wildman–Crippen MR) is 82.1 cm³/mol. The van der Waals surface area contributed by atoms with Crippen LogP contribution in [0.15, 0.2) is 29.4 Å². The zero-order valence-corrected chi connectivity index (χ0v) is 14.0. The molecule has 0 bridgehead atoms. The van der Waals surface area contributed by atoms with E-state index in [1.54, 1.807) is 24.5 Å². The highest BCUT2D eigenvalue weighted by Crippen LogP contribution is 2.30. The maximum Gasteiger partial charge on any atom is 0.405 e. The molecule has 0 N–H and O–H groups in total. The number of hydrogen-bond acceptors (Lipinski definition) is 7. The number of thiol groups is 1. The summed E-state index contributed by atoms with van der Waals surface area (Å²) in [4.78, 5) is 23.5. The van der Waals surface area contributed by atoms with Gasteiger partial charge in [-0.1, -0.05) is 0 Å². The van der Waals surface area contributed by atoms with Gasteiger partial charge in [0.25, 0.3) is 0 Å². The van der Waals surface area contributed by atoms with Gasteiger partial charge in [0.1, 0.15) is 0 Å².